The Morgan fingerprint density at radius 1 is 1.07 bits per heavy atom. The number of ether oxygens (including phenoxy) is 1. The minimum absolute atomic E-state index is 0.391. The Bertz CT molecular complexity index is 1030. The molecule has 3 aromatic rings. The van der Waals surface area contributed by atoms with E-state index in [1.54, 1.807) is 23.7 Å². The molecule has 29 heavy (non-hydrogen) atoms. The summed E-state index contributed by atoms with van der Waals surface area (Å²) in [6.45, 7) is 5.25. The molecule has 0 aliphatic carbocycles. The van der Waals surface area contributed by atoms with Crippen LogP contribution in [0.2, 0.25) is 0 Å². The van der Waals surface area contributed by atoms with Crippen LogP contribution in [0.3, 0.4) is 0 Å². The molecule has 0 saturated carbocycles. The van der Waals surface area contributed by atoms with Gasteiger partial charge in [-0.05, 0) is 44.4 Å². The number of aryl methyl sites for hydroxylation is 2. The summed E-state index contributed by atoms with van der Waals surface area (Å²) < 4.78 is 7.15. The lowest BCUT2D eigenvalue weighted by atomic mass is 10.00. The summed E-state index contributed by atoms with van der Waals surface area (Å²) in [5.41, 5.74) is 4.61. The van der Waals surface area contributed by atoms with E-state index in [0.717, 1.165) is 16.8 Å². The first-order valence-electron chi connectivity index (χ1n) is 9.50. The van der Waals surface area contributed by atoms with Crippen LogP contribution in [0.1, 0.15) is 39.8 Å². The molecule has 3 rings (SSSR count). The first-order chi connectivity index (χ1) is 13.9. The quantitative estimate of drug-likeness (QED) is 0.649. The van der Waals surface area contributed by atoms with Gasteiger partial charge in [0.2, 0.25) is 0 Å². The van der Waals surface area contributed by atoms with Crippen LogP contribution in [0.5, 0.6) is 0 Å². The van der Waals surface area contributed by atoms with Gasteiger partial charge in [-0.15, -0.1) is 0 Å². The summed E-state index contributed by atoms with van der Waals surface area (Å²) in [7, 11) is 1.81. The van der Waals surface area contributed by atoms with Gasteiger partial charge in [0.1, 0.15) is 0 Å². The molecule has 1 aromatic heterocycles. The molecule has 0 saturated heterocycles. The molecular weight excluding hydrogens is 366 g/mol. The molecule has 0 unspecified atom stereocenters. The molecule has 1 heterocycles. The highest BCUT2D eigenvalue weighted by molar-refractivity contribution is 5.98. The summed E-state index contributed by atoms with van der Waals surface area (Å²) in [4.78, 5) is 25.3. The predicted octanol–water partition coefficient (Wildman–Crippen LogP) is 3.81. The number of amides is 1. The number of aromatic nitrogens is 2. The Hall–Kier alpha value is -3.41. The van der Waals surface area contributed by atoms with Crippen molar-refractivity contribution in [3.8, 4) is 0 Å². The number of rotatable bonds is 6. The molecule has 1 atom stereocenters. The van der Waals surface area contributed by atoms with E-state index in [9.17, 15) is 9.59 Å². The molecule has 6 heteroatoms. The number of anilines is 1. The lowest BCUT2D eigenvalue weighted by molar-refractivity contribution is -0.123. The van der Waals surface area contributed by atoms with Gasteiger partial charge in [-0.3, -0.25) is 9.48 Å². The minimum atomic E-state index is -0.939. The Morgan fingerprint density at radius 2 is 1.72 bits per heavy atom. The predicted molar refractivity (Wildman–Crippen MR) is 112 cm³/mol. The second kappa shape index (κ2) is 8.73. The standard InChI is InChI=1S/C23H25N3O3/c1-15-21(16(2)26(4)25-15)24-22(27)17(3)29-23(28)20-13-9-8-12-19(20)14-18-10-6-5-7-11-18/h5-13,17H,14H2,1-4H3,(H,24,27)/t17-/m1/s1. The van der Waals surface area contributed by atoms with Crippen LogP contribution in [-0.4, -0.2) is 27.8 Å². The third-order valence-electron chi connectivity index (χ3n) is 4.88. The highest BCUT2D eigenvalue weighted by atomic mass is 16.5. The van der Waals surface area contributed by atoms with Gasteiger partial charge in [0.25, 0.3) is 5.91 Å². The van der Waals surface area contributed by atoms with Crippen molar-refractivity contribution in [2.75, 3.05) is 5.32 Å². The van der Waals surface area contributed by atoms with Gasteiger partial charge in [0.15, 0.2) is 6.10 Å². The van der Waals surface area contributed by atoms with Gasteiger partial charge >= 0.3 is 5.97 Å². The third-order valence-corrected chi connectivity index (χ3v) is 4.88. The van der Waals surface area contributed by atoms with E-state index in [2.05, 4.69) is 10.4 Å². The smallest absolute Gasteiger partial charge is 0.339 e. The fourth-order valence-corrected chi connectivity index (χ4v) is 3.15. The van der Waals surface area contributed by atoms with Gasteiger partial charge in [0, 0.05) is 7.05 Å². The molecule has 0 bridgehead atoms. The fourth-order valence-electron chi connectivity index (χ4n) is 3.15. The van der Waals surface area contributed by atoms with Crippen molar-refractivity contribution < 1.29 is 14.3 Å². The van der Waals surface area contributed by atoms with Crippen molar-refractivity contribution >= 4 is 17.6 Å². The number of carbonyl (C=O) groups is 2. The molecule has 0 radical (unpaired) electrons. The van der Waals surface area contributed by atoms with Gasteiger partial charge in [-0.2, -0.15) is 5.10 Å². The van der Waals surface area contributed by atoms with Crippen molar-refractivity contribution in [2.24, 2.45) is 7.05 Å². The Labute approximate surface area is 170 Å². The highest BCUT2D eigenvalue weighted by Gasteiger charge is 2.22. The lowest BCUT2D eigenvalue weighted by Gasteiger charge is -2.15. The summed E-state index contributed by atoms with van der Waals surface area (Å²) in [5.74, 6) is -0.906. The van der Waals surface area contributed by atoms with Crippen molar-refractivity contribution in [2.45, 2.75) is 33.3 Å². The summed E-state index contributed by atoms with van der Waals surface area (Å²) in [6, 6.07) is 17.2. The van der Waals surface area contributed by atoms with Crippen LogP contribution in [0.15, 0.2) is 54.6 Å². The van der Waals surface area contributed by atoms with Crippen LogP contribution in [-0.2, 0) is 23.0 Å². The van der Waals surface area contributed by atoms with Gasteiger partial charge in [-0.1, -0.05) is 48.5 Å². The SMILES string of the molecule is Cc1nn(C)c(C)c1NC(=O)[C@@H](C)OC(=O)c1ccccc1Cc1ccccc1. The number of carbonyl (C=O) groups excluding carboxylic acids is 2. The highest BCUT2D eigenvalue weighted by Crippen LogP contribution is 2.20. The van der Waals surface area contributed by atoms with E-state index in [0.29, 0.717) is 23.4 Å². The summed E-state index contributed by atoms with van der Waals surface area (Å²) >= 11 is 0. The van der Waals surface area contributed by atoms with E-state index in [-0.39, 0.29) is 0 Å². The molecule has 0 spiro atoms. The topological polar surface area (TPSA) is 73.2 Å². The van der Waals surface area contributed by atoms with Crippen molar-refractivity contribution in [1.29, 1.82) is 0 Å². The maximum absolute atomic E-state index is 12.7. The normalized spacial score (nSPS) is 11.7. The molecular formula is C23H25N3O3. The van der Waals surface area contributed by atoms with Crippen molar-refractivity contribution in [1.82, 2.24) is 9.78 Å². The van der Waals surface area contributed by atoms with Gasteiger partial charge in [-0.25, -0.2) is 4.79 Å². The number of esters is 1. The average molecular weight is 391 g/mol. The van der Waals surface area contributed by atoms with Crippen LogP contribution in [0.25, 0.3) is 0 Å². The van der Waals surface area contributed by atoms with E-state index >= 15 is 0 Å². The molecule has 150 valence electrons. The minimum Gasteiger partial charge on any atom is -0.449 e. The van der Waals surface area contributed by atoms with Crippen LogP contribution >= 0.6 is 0 Å². The largest absolute Gasteiger partial charge is 0.449 e. The number of benzene rings is 2. The zero-order chi connectivity index (χ0) is 21.0. The van der Waals surface area contributed by atoms with Crippen LogP contribution in [0, 0.1) is 13.8 Å². The maximum atomic E-state index is 12.7. The van der Waals surface area contributed by atoms with Crippen molar-refractivity contribution in [3.63, 3.8) is 0 Å². The fraction of sp³-hybridized carbons (Fsp3) is 0.261. The first-order valence-corrected chi connectivity index (χ1v) is 9.50. The monoisotopic (exact) mass is 391 g/mol. The Kier molecular flexibility index (Phi) is 6.12. The number of hydrogen-bond donors (Lipinski definition) is 1. The van der Waals surface area contributed by atoms with Crippen molar-refractivity contribution in [3.05, 3.63) is 82.7 Å². The third kappa shape index (κ3) is 4.71. The zero-order valence-electron chi connectivity index (χ0n) is 17.1. The average Bonchev–Trinajstić information content (AvgIpc) is 2.95. The van der Waals surface area contributed by atoms with E-state index in [4.69, 9.17) is 4.74 Å². The lowest BCUT2D eigenvalue weighted by Crippen LogP contribution is -2.30. The number of nitrogens with zero attached hydrogens (tertiary/aromatic N) is 2. The van der Waals surface area contributed by atoms with E-state index in [1.807, 2.05) is 63.4 Å². The Morgan fingerprint density at radius 3 is 2.38 bits per heavy atom. The van der Waals surface area contributed by atoms with Gasteiger partial charge < -0.3 is 10.1 Å². The van der Waals surface area contributed by atoms with Crippen LogP contribution < -0.4 is 5.32 Å². The summed E-state index contributed by atoms with van der Waals surface area (Å²) in [6.07, 6.45) is -0.327. The number of nitrogens with one attached hydrogen (secondary N) is 1. The molecule has 0 aliphatic rings. The molecule has 0 fully saturated rings. The maximum Gasteiger partial charge on any atom is 0.339 e. The number of hydrogen-bond acceptors (Lipinski definition) is 4. The molecule has 1 N–H and O–H groups in total. The Balaban J connectivity index is 1.70. The first kappa shape index (κ1) is 20.3. The van der Waals surface area contributed by atoms with Crippen LogP contribution in [0.4, 0.5) is 5.69 Å². The summed E-state index contributed by atoms with van der Waals surface area (Å²) in [5, 5.41) is 7.09. The molecule has 2 aromatic carbocycles. The molecule has 0 aliphatic heterocycles. The zero-order valence-corrected chi connectivity index (χ0v) is 17.1. The van der Waals surface area contributed by atoms with E-state index < -0.39 is 18.0 Å². The molecule has 1 amide bonds. The van der Waals surface area contributed by atoms with E-state index in [1.165, 1.54) is 0 Å². The second-order valence-corrected chi connectivity index (χ2v) is 7.03. The second-order valence-electron chi connectivity index (χ2n) is 7.03. The molecule has 6 nitrogen and oxygen atoms in total. The van der Waals surface area contributed by atoms with Gasteiger partial charge in [0.05, 0.1) is 22.6 Å².